The molecule has 4 heteroatoms. The van der Waals surface area contributed by atoms with Crippen LogP contribution in [0.15, 0.2) is 70.8 Å². The highest BCUT2D eigenvalue weighted by molar-refractivity contribution is 5.96. The molecule has 0 spiro atoms. The highest BCUT2D eigenvalue weighted by Gasteiger charge is 2.20. The molecule has 4 nitrogen and oxygen atoms in total. The van der Waals surface area contributed by atoms with Crippen LogP contribution >= 0.6 is 0 Å². The fraction of sp³-hybridized carbons (Fsp3) is 0.158. The van der Waals surface area contributed by atoms with Gasteiger partial charge in [-0.1, -0.05) is 36.4 Å². The first-order chi connectivity index (χ1) is 11.3. The van der Waals surface area contributed by atoms with Gasteiger partial charge in [0.05, 0.1) is 6.54 Å². The van der Waals surface area contributed by atoms with E-state index >= 15 is 0 Å². The third-order valence-corrected chi connectivity index (χ3v) is 3.87. The predicted molar refractivity (Wildman–Crippen MR) is 93.4 cm³/mol. The number of rotatable bonds is 1. The molecule has 0 radical (unpaired) electrons. The van der Waals surface area contributed by atoms with Crippen molar-refractivity contribution in [3.05, 3.63) is 60.8 Å². The Bertz CT molecular complexity index is 809. The normalized spacial score (nSPS) is 19.1. The standard InChI is InChI=1S/C19H17N3O/c1-14-13-22-11-5-10-20-19(22)21-17-9-8-16(12-18(17)23-14)15-6-3-2-4-7-15/h2-12,14H,13H2,1H3. The van der Waals surface area contributed by atoms with Gasteiger partial charge in [0.15, 0.2) is 0 Å². The van der Waals surface area contributed by atoms with Crippen molar-refractivity contribution in [2.75, 3.05) is 6.54 Å². The number of fused-ring (bicyclic) bond motifs is 2. The van der Waals surface area contributed by atoms with Gasteiger partial charge in [0.2, 0.25) is 5.96 Å². The van der Waals surface area contributed by atoms with Crippen LogP contribution < -0.4 is 4.74 Å². The molecule has 4 rings (SSSR count). The zero-order valence-electron chi connectivity index (χ0n) is 12.9. The third kappa shape index (κ3) is 2.75. The largest absolute Gasteiger partial charge is 0.487 e. The third-order valence-electron chi connectivity index (χ3n) is 3.87. The van der Waals surface area contributed by atoms with E-state index in [1.165, 1.54) is 5.56 Å². The Kier molecular flexibility index (Phi) is 3.42. The molecule has 0 amide bonds. The maximum atomic E-state index is 6.11. The molecule has 0 N–H and O–H groups in total. The van der Waals surface area contributed by atoms with Crippen molar-refractivity contribution >= 4 is 17.9 Å². The molecule has 1 unspecified atom stereocenters. The van der Waals surface area contributed by atoms with Gasteiger partial charge < -0.3 is 9.64 Å². The van der Waals surface area contributed by atoms with Crippen LogP contribution in [0.5, 0.6) is 5.75 Å². The molecular formula is C19H17N3O. The highest BCUT2D eigenvalue weighted by atomic mass is 16.5. The second-order valence-corrected chi connectivity index (χ2v) is 5.66. The zero-order valence-corrected chi connectivity index (χ0v) is 12.9. The Labute approximate surface area is 135 Å². The van der Waals surface area contributed by atoms with Gasteiger partial charge >= 0.3 is 0 Å². The van der Waals surface area contributed by atoms with Crippen LogP contribution in [-0.2, 0) is 0 Å². The molecule has 2 aliphatic rings. The first kappa shape index (κ1) is 13.8. The van der Waals surface area contributed by atoms with Crippen LogP contribution in [0.25, 0.3) is 11.1 Å². The molecule has 2 aromatic rings. The lowest BCUT2D eigenvalue weighted by atomic mass is 10.0. The fourth-order valence-corrected chi connectivity index (χ4v) is 2.78. The van der Waals surface area contributed by atoms with Crippen molar-refractivity contribution < 1.29 is 4.74 Å². The maximum absolute atomic E-state index is 6.11. The summed E-state index contributed by atoms with van der Waals surface area (Å²) in [5, 5.41) is 0. The Morgan fingerprint density at radius 2 is 1.96 bits per heavy atom. The number of ether oxygens (including phenoxy) is 1. The molecular weight excluding hydrogens is 286 g/mol. The second-order valence-electron chi connectivity index (χ2n) is 5.66. The number of hydrogen-bond donors (Lipinski definition) is 0. The smallest absolute Gasteiger partial charge is 0.230 e. The summed E-state index contributed by atoms with van der Waals surface area (Å²) in [6, 6.07) is 16.4. The van der Waals surface area contributed by atoms with E-state index in [0.717, 1.165) is 23.5 Å². The Balaban J connectivity index is 1.79. The lowest BCUT2D eigenvalue weighted by Crippen LogP contribution is -2.36. The van der Waals surface area contributed by atoms with Crippen LogP contribution in [0, 0.1) is 0 Å². The predicted octanol–water partition coefficient (Wildman–Crippen LogP) is 4.02. The minimum absolute atomic E-state index is 0.0447. The molecule has 0 aromatic heterocycles. The van der Waals surface area contributed by atoms with Crippen LogP contribution in [0.2, 0.25) is 0 Å². The first-order valence-electron chi connectivity index (χ1n) is 7.72. The second kappa shape index (κ2) is 5.72. The summed E-state index contributed by atoms with van der Waals surface area (Å²) >= 11 is 0. The van der Waals surface area contributed by atoms with Crippen LogP contribution in [0.3, 0.4) is 0 Å². The van der Waals surface area contributed by atoms with Crippen molar-refractivity contribution in [2.45, 2.75) is 13.0 Å². The average molecular weight is 303 g/mol. The van der Waals surface area contributed by atoms with E-state index in [-0.39, 0.29) is 6.10 Å². The van der Waals surface area contributed by atoms with Crippen LogP contribution in [0.1, 0.15) is 6.92 Å². The highest BCUT2D eigenvalue weighted by Crippen LogP contribution is 2.35. The van der Waals surface area contributed by atoms with Gasteiger partial charge in [-0.15, -0.1) is 0 Å². The summed E-state index contributed by atoms with van der Waals surface area (Å²) in [6.07, 6.45) is 5.70. The van der Waals surface area contributed by atoms with E-state index < -0.39 is 0 Å². The number of aliphatic imine (C=N–C) groups is 2. The van der Waals surface area contributed by atoms with E-state index in [4.69, 9.17) is 4.74 Å². The van der Waals surface area contributed by atoms with Crippen molar-refractivity contribution in [3.8, 4) is 16.9 Å². The quantitative estimate of drug-likeness (QED) is 0.798. The van der Waals surface area contributed by atoms with Gasteiger partial charge in [-0.25, -0.2) is 9.98 Å². The molecule has 0 saturated heterocycles. The summed E-state index contributed by atoms with van der Waals surface area (Å²) in [7, 11) is 0. The molecule has 0 bridgehead atoms. The van der Waals surface area contributed by atoms with Gasteiger partial charge in [-0.05, 0) is 36.3 Å². The fourth-order valence-electron chi connectivity index (χ4n) is 2.78. The molecule has 114 valence electrons. The Morgan fingerprint density at radius 3 is 2.83 bits per heavy atom. The maximum Gasteiger partial charge on any atom is 0.230 e. The Hall–Kier alpha value is -2.88. The van der Waals surface area contributed by atoms with Crippen LogP contribution in [-0.4, -0.2) is 29.7 Å². The first-order valence-corrected chi connectivity index (χ1v) is 7.72. The van der Waals surface area contributed by atoms with Gasteiger partial charge in [-0.3, -0.25) is 0 Å². The number of hydrogen-bond acceptors (Lipinski definition) is 4. The summed E-state index contributed by atoms with van der Waals surface area (Å²) in [5.74, 6) is 1.51. The Morgan fingerprint density at radius 1 is 1.09 bits per heavy atom. The summed E-state index contributed by atoms with van der Waals surface area (Å²) in [4.78, 5) is 11.0. The average Bonchev–Trinajstić information content (AvgIpc) is 2.57. The molecule has 0 fully saturated rings. The van der Waals surface area contributed by atoms with E-state index in [0.29, 0.717) is 5.96 Å². The lowest BCUT2D eigenvalue weighted by Gasteiger charge is -2.28. The number of nitrogens with zero attached hydrogens (tertiary/aromatic N) is 3. The lowest BCUT2D eigenvalue weighted by molar-refractivity contribution is 0.196. The van der Waals surface area contributed by atoms with Crippen molar-refractivity contribution in [1.29, 1.82) is 0 Å². The van der Waals surface area contributed by atoms with E-state index in [1.54, 1.807) is 6.21 Å². The minimum atomic E-state index is 0.0447. The van der Waals surface area contributed by atoms with Crippen molar-refractivity contribution in [1.82, 2.24) is 4.90 Å². The number of guanidine groups is 1. The molecule has 2 heterocycles. The molecule has 23 heavy (non-hydrogen) atoms. The minimum Gasteiger partial charge on any atom is -0.487 e. The van der Waals surface area contributed by atoms with Gasteiger partial charge in [-0.2, -0.15) is 0 Å². The van der Waals surface area contributed by atoms with Crippen molar-refractivity contribution in [2.24, 2.45) is 9.98 Å². The van der Waals surface area contributed by atoms with Crippen molar-refractivity contribution in [3.63, 3.8) is 0 Å². The van der Waals surface area contributed by atoms with E-state index in [2.05, 4.69) is 41.2 Å². The number of benzene rings is 2. The van der Waals surface area contributed by atoms with Gasteiger partial charge in [0, 0.05) is 12.4 Å². The molecule has 0 aliphatic carbocycles. The van der Waals surface area contributed by atoms with E-state index in [9.17, 15) is 0 Å². The van der Waals surface area contributed by atoms with Gasteiger partial charge in [0.1, 0.15) is 17.5 Å². The monoisotopic (exact) mass is 303 g/mol. The molecule has 1 atom stereocenters. The summed E-state index contributed by atoms with van der Waals surface area (Å²) in [6.45, 7) is 2.79. The summed E-state index contributed by atoms with van der Waals surface area (Å²) < 4.78 is 6.11. The van der Waals surface area contributed by atoms with Gasteiger partial charge in [0.25, 0.3) is 0 Å². The number of allylic oxidation sites excluding steroid dienone is 1. The SMILES string of the molecule is CC1CN2C=CC=NC2=Nc2ccc(-c3ccccc3)cc2O1. The van der Waals surface area contributed by atoms with E-state index in [1.807, 2.05) is 41.4 Å². The zero-order chi connectivity index (χ0) is 15.6. The molecule has 2 aromatic carbocycles. The molecule has 2 aliphatic heterocycles. The topological polar surface area (TPSA) is 37.2 Å². The van der Waals surface area contributed by atoms with Crippen LogP contribution in [0.4, 0.5) is 5.69 Å². The molecule has 0 saturated carbocycles. The summed E-state index contributed by atoms with van der Waals surface area (Å²) in [5.41, 5.74) is 3.10.